The number of aromatic nitrogens is 1. The third kappa shape index (κ3) is 2.62. The third-order valence-corrected chi connectivity index (χ3v) is 3.47. The van der Waals surface area contributed by atoms with Gasteiger partial charge in [-0.1, -0.05) is 6.92 Å². The molecule has 16 heavy (non-hydrogen) atoms. The summed E-state index contributed by atoms with van der Waals surface area (Å²) in [6.45, 7) is 5.95. The summed E-state index contributed by atoms with van der Waals surface area (Å²) in [7, 11) is 0. The van der Waals surface area contributed by atoms with Crippen molar-refractivity contribution in [3.05, 3.63) is 27.9 Å². The van der Waals surface area contributed by atoms with Crippen molar-refractivity contribution in [1.82, 2.24) is 10.3 Å². The van der Waals surface area contributed by atoms with Gasteiger partial charge in [0.05, 0.1) is 29.6 Å². The van der Waals surface area contributed by atoms with Crippen LogP contribution >= 0.6 is 11.3 Å². The summed E-state index contributed by atoms with van der Waals surface area (Å²) in [4.78, 5) is 4.56. The zero-order chi connectivity index (χ0) is 11.4. The van der Waals surface area contributed by atoms with Gasteiger partial charge in [-0.3, -0.25) is 0 Å². The number of ether oxygens (including phenoxy) is 1. The molecule has 0 aliphatic carbocycles. The number of rotatable bonds is 4. The molecule has 1 aromatic heterocycles. The standard InChI is InChI=1S/C12H18N2OS/c1-3-13-12(10-5-4-6-15-7-10)11-8-16-9(2)14-11/h7-8,12-13H,3-6H2,1-2H3. The van der Waals surface area contributed by atoms with E-state index >= 15 is 0 Å². The van der Waals surface area contributed by atoms with E-state index in [9.17, 15) is 0 Å². The number of hydrogen-bond donors (Lipinski definition) is 1. The zero-order valence-corrected chi connectivity index (χ0v) is 10.6. The van der Waals surface area contributed by atoms with Gasteiger partial charge in [0.15, 0.2) is 0 Å². The highest BCUT2D eigenvalue weighted by Gasteiger charge is 2.20. The molecule has 0 amide bonds. The minimum absolute atomic E-state index is 0.232. The molecule has 1 aromatic rings. The Morgan fingerprint density at radius 1 is 1.62 bits per heavy atom. The van der Waals surface area contributed by atoms with Crippen LogP contribution < -0.4 is 5.32 Å². The quantitative estimate of drug-likeness (QED) is 0.876. The van der Waals surface area contributed by atoms with E-state index in [1.807, 2.05) is 13.2 Å². The van der Waals surface area contributed by atoms with Crippen LogP contribution in [0.3, 0.4) is 0 Å². The minimum atomic E-state index is 0.232. The van der Waals surface area contributed by atoms with Crippen molar-refractivity contribution in [3.63, 3.8) is 0 Å². The molecular formula is C12H18N2OS. The number of aryl methyl sites for hydroxylation is 1. The molecular weight excluding hydrogens is 220 g/mol. The number of hydrogen-bond acceptors (Lipinski definition) is 4. The minimum Gasteiger partial charge on any atom is -0.501 e. The molecule has 0 saturated heterocycles. The topological polar surface area (TPSA) is 34.1 Å². The van der Waals surface area contributed by atoms with E-state index in [-0.39, 0.29) is 6.04 Å². The van der Waals surface area contributed by atoms with E-state index in [0.29, 0.717) is 0 Å². The molecule has 2 heterocycles. The van der Waals surface area contributed by atoms with E-state index in [0.717, 1.165) is 36.7 Å². The Kier molecular flexibility index (Phi) is 3.96. The molecule has 1 aliphatic rings. The molecule has 0 saturated carbocycles. The van der Waals surface area contributed by atoms with Crippen molar-refractivity contribution < 1.29 is 4.74 Å². The number of likely N-dealkylation sites (N-methyl/N-ethyl adjacent to an activating group) is 1. The van der Waals surface area contributed by atoms with Crippen LogP contribution in [-0.2, 0) is 4.74 Å². The molecule has 4 heteroatoms. The van der Waals surface area contributed by atoms with Crippen molar-refractivity contribution in [3.8, 4) is 0 Å². The van der Waals surface area contributed by atoms with Crippen LogP contribution in [0.25, 0.3) is 0 Å². The average Bonchev–Trinajstić information content (AvgIpc) is 2.74. The fraction of sp³-hybridized carbons (Fsp3) is 0.583. The van der Waals surface area contributed by atoms with Gasteiger partial charge in [0, 0.05) is 5.38 Å². The van der Waals surface area contributed by atoms with Crippen LogP contribution in [0.15, 0.2) is 17.2 Å². The summed E-state index contributed by atoms with van der Waals surface area (Å²) in [6, 6.07) is 0.232. The van der Waals surface area contributed by atoms with Crippen LogP contribution in [0.2, 0.25) is 0 Å². The summed E-state index contributed by atoms with van der Waals surface area (Å²) >= 11 is 1.70. The molecule has 88 valence electrons. The van der Waals surface area contributed by atoms with E-state index in [1.54, 1.807) is 11.3 Å². The number of nitrogens with one attached hydrogen (secondary N) is 1. The molecule has 0 radical (unpaired) electrons. The molecule has 1 unspecified atom stereocenters. The lowest BCUT2D eigenvalue weighted by Crippen LogP contribution is -2.24. The van der Waals surface area contributed by atoms with Gasteiger partial charge >= 0.3 is 0 Å². The summed E-state index contributed by atoms with van der Waals surface area (Å²) in [6.07, 6.45) is 4.12. The van der Waals surface area contributed by atoms with Gasteiger partial charge in [0.2, 0.25) is 0 Å². The summed E-state index contributed by atoms with van der Waals surface area (Å²) in [5.74, 6) is 0. The molecule has 1 N–H and O–H groups in total. The molecule has 1 aliphatic heterocycles. The second-order valence-electron chi connectivity index (χ2n) is 3.95. The van der Waals surface area contributed by atoms with Crippen LogP contribution in [-0.4, -0.2) is 18.1 Å². The fourth-order valence-electron chi connectivity index (χ4n) is 1.94. The lowest BCUT2D eigenvalue weighted by molar-refractivity contribution is 0.219. The van der Waals surface area contributed by atoms with Crippen molar-refractivity contribution >= 4 is 11.3 Å². The highest BCUT2D eigenvalue weighted by Crippen LogP contribution is 2.28. The van der Waals surface area contributed by atoms with Crippen molar-refractivity contribution in [2.24, 2.45) is 0 Å². The second kappa shape index (κ2) is 5.46. The van der Waals surface area contributed by atoms with Crippen molar-refractivity contribution in [2.45, 2.75) is 32.7 Å². The Labute approximate surface area is 101 Å². The van der Waals surface area contributed by atoms with Gasteiger partial charge in [-0.05, 0) is 31.9 Å². The molecule has 1 atom stereocenters. The average molecular weight is 238 g/mol. The Hall–Kier alpha value is -0.870. The van der Waals surface area contributed by atoms with E-state index in [1.165, 1.54) is 5.57 Å². The van der Waals surface area contributed by atoms with Crippen LogP contribution in [0.5, 0.6) is 0 Å². The molecule has 0 fully saturated rings. The Balaban J connectivity index is 2.19. The first kappa shape index (κ1) is 11.6. The van der Waals surface area contributed by atoms with Gasteiger partial charge in [-0.2, -0.15) is 0 Å². The van der Waals surface area contributed by atoms with Crippen LogP contribution in [0.1, 0.15) is 36.5 Å². The summed E-state index contributed by atoms with van der Waals surface area (Å²) in [5.41, 5.74) is 2.44. The third-order valence-electron chi connectivity index (χ3n) is 2.67. The first-order valence-electron chi connectivity index (χ1n) is 5.77. The Morgan fingerprint density at radius 2 is 2.50 bits per heavy atom. The molecule has 2 rings (SSSR count). The lowest BCUT2D eigenvalue weighted by Gasteiger charge is -2.22. The van der Waals surface area contributed by atoms with E-state index in [4.69, 9.17) is 4.74 Å². The SMILES string of the molecule is CCNC(C1=COCCC1)c1csc(C)n1. The first-order chi connectivity index (χ1) is 7.81. The molecule has 0 bridgehead atoms. The number of nitrogens with zero attached hydrogens (tertiary/aromatic N) is 1. The predicted octanol–water partition coefficient (Wildman–Crippen LogP) is 2.80. The van der Waals surface area contributed by atoms with Crippen molar-refractivity contribution in [1.29, 1.82) is 0 Å². The van der Waals surface area contributed by atoms with Gasteiger partial charge < -0.3 is 10.1 Å². The second-order valence-corrected chi connectivity index (χ2v) is 5.01. The summed E-state index contributed by atoms with van der Waals surface area (Å²) in [5, 5.41) is 6.74. The molecule has 3 nitrogen and oxygen atoms in total. The Morgan fingerprint density at radius 3 is 3.06 bits per heavy atom. The Bertz CT molecular complexity index is 373. The predicted molar refractivity (Wildman–Crippen MR) is 66.5 cm³/mol. The largest absolute Gasteiger partial charge is 0.501 e. The molecule has 0 spiro atoms. The summed E-state index contributed by atoms with van der Waals surface area (Å²) < 4.78 is 5.41. The lowest BCUT2D eigenvalue weighted by atomic mass is 10.00. The fourth-order valence-corrected chi connectivity index (χ4v) is 2.58. The maximum atomic E-state index is 5.41. The maximum absolute atomic E-state index is 5.41. The zero-order valence-electron chi connectivity index (χ0n) is 9.82. The van der Waals surface area contributed by atoms with Gasteiger partial charge in [0.1, 0.15) is 0 Å². The molecule has 0 aromatic carbocycles. The first-order valence-corrected chi connectivity index (χ1v) is 6.65. The van der Waals surface area contributed by atoms with Gasteiger partial charge in [-0.15, -0.1) is 11.3 Å². The monoisotopic (exact) mass is 238 g/mol. The normalized spacial score (nSPS) is 17.8. The van der Waals surface area contributed by atoms with Crippen LogP contribution in [0.4, 0.5) is 0 Å². The van der Waals surface area contributed by atoms with Gasteiger partial charge in [-0.25, -0.2) is 4.98 Å². The van der Waals surface area contributed by atoms with E-state index < -0.39 is 0 Å². The van der Waals surface area contributed by atoms with Crippen LogP contribution in [0, 0.1) is 6.92 Å². The highest BCUT2D eigenvalue weighted by molar-refractivity contribution is 7.09. The van der Waals surface area contributed by atoms with E-state index in [2.05, 4.69) is 22.6 Å². The smallest absolute Gasteiger partial charge is 0.0898 e. The highest BCUT2D eigenvalue weighted by atomic mass is 32.1. The number of thiazole rings is 1. The maximum Gasteiger partial charge on any atom is 0.0898 e. The van der Waals surface area contributed by atoms with Gasteiger partial charge in [0.25, 0.3) is 0 Å². The van der Waals surface area contributed by atoms with Crippen molar-refractivity contribution in [2.75, 3.05) is 13.2 Å².